The van der Waals surface area contributed by atoms with Crippen LogP contribution in [0.5, 0.6) is 5.75 Å². The molecule has 106 valence electrons. The van der Waals surface area contributed by atoms with Gasteiger partial charge < -0.3 is 25.4 Å². The number of benzene rings is 1. The molecule has 0 unspecified atom stereocenters. The summed E-state index contributed by atoms with van der Waals surface area (Å²) in [4.78, 5) is 11.7. The number of nitrogens with one attached hydrogen (secondary N) is 1. The fraction of sp³-hybridized carbons (Fsp3) is 0.231. The zero-order valence-electron chi connectivity index (χ0n) is 10.9. The molecule has 2 rings (SSSR count). The first kappa shape index (κ1) is 14.0. The van der Waals surface area contributed by atoms with Crippen LogP contribution in [0.1, 0.15) is 0 Å². The average Bonchev–Trinajstić information content (AvgIpc) is 3.00. The number of rotatable bonds is 5. The Morgan fingerprint density at radius 1 is 1.55 bits per heavy atom. The standard InChI is InChI=1S/C13H15N3O4/c1-19-12-3-2-8(10-4-5-20-16-10)6-11(12)15-13(18)9(14)7-17/h2-6,9,17H,7,14H2,1H3,(H,15,18)/t9-/m0/s1. The Hall–Kier alpha value is -2.38. The summed E-state index contributed by atoms with van der Waals surface area (Å²) in [5.41, 5.74) is 7.30. The van der Waals surface area contributed by atoms with Crippen LogP contribution in [0.3, 0.4) is 0 Å². The number of carbonyl (C=O) groups is 1. The molecule has 0 aliphatic carbocycles. The van der Waals surface area contributed by atoms with Crippen LogP contribution in [0.2, 0.25) is 0 Å². The van der Waals surface area contributed by atoms with Gasteiger partial charge in [0.05, 0.1) is 19.4 Å². The second kappa shape index (κ2) is 6.18. The van der Waals surface area contributed by atoms with Gasteiger partial charge in [-0.15, -0.1) is 0 Å². The molecule has 0 saturated heterocycles. The summed E-state index contributed by atoms with van der Waals surface area (Å²) in [6, 6.07) is 5.89. The van der Waals surface area contributed by atoms with E-state index in [-0.39, 0.29) is 0 Å². The van der Waals surface area contributed by atoms with E-state index in [0.717, 1.165) is 5.56 Å². The van der Waals surface area contributed by atoms with Crippen molar-refractivity contribution >= 4 is 11.6 Å². The second-order valence-corrected chi connectivity index (χ2v) is 4.08. The first-order valence-electron chi connectivity index (χ1n) is 5.91. The number of ether oxygens (including phenoxy) is 1. The van der Waals surface area contributed by atoms with E-state index in [9.17, 15) is 4.79 Å². The maximum absolute atomic E-state index is 11.7. The summed E-state index contributed by atoms with van der Waals surface area (Å²) in [6.07, 6.45) is 1.46. The number of aliphatic hydroxyl groups excluding tert-OH is 1. The van der Waals surface area contributed by atoms with E-state index >= 15 is 0 Å². The molecule has 0 aliphatic rings. The van der Waals surface area contributed by atoms with Crippen LogP contribution >= 0.6 is 0 Å². The van der Waals surface area contributed by atoms with Gasteiger partial charge in [-0.25, -0.2) is 0 Å². The summed E-state index contributed by atoms with van der Waals surface area (Å²) in [5, 5.41) is 15.3. The lowest BCUT2D eigenvalue weighted by Crippen LogP contribution is -2.38. The van der Waals surface area contributed by atoms with Crippen molar-refractivity contribution in [3.63, 3.8) is 0 Å². The number of hydrogen-bond donors (Lipinski definition) is 3. The minimum absolute atomic E-state index is 0.433. The number of aliphatic hydroxyl groups is 1. The Morgan fingerprint density at radius 2 is 2.35 bits per heavy atom. The molecule has 4 N–H and O–H groups in total. The van der Waals surface area contributed by atoms with E-state index in [1.807, 2.05) is 0 Å². The summed E-state index contributed by atoms with van der Waals surface area (Å²) in [6.45, 7) is -0.433. The number of nitrogens with zero attached hydrogens (tertiary/aromatic N) is 1. The lowest BCUT2D eigenvalue weighted by atomic mass is 10.1. The maximum atomic E-state index is 11.7. The molecule has 1 aromatic heterocycles. The van der Waals surface area contributed by atoms with Crippen molar-refractivity contribution < 1.29 is 19.2 Å². The van der Waals surface area contributed by atoms with Gasteiger partial charge in [-0.05, 0) is 18.2 Å². The zero-order valence-corrected chi connectivity index (χ0v) is 10.9. The van der Waals surface area contributed by atoms with Crippen molar-refractivity contribution in [2.24, 2.45) is 5.73 Å². The van der Waals surface area contributed by atoms with E-state index in [1.165, 1.54) is 13.4 Å². The summed E-state index contributed by atoms with van der Waals surface area (Å²) < 4.78 is 9.95. The van der Waals surface area contributed by atoms with E-state index in [4.69, 9.17) is 20.1 Å². The molecule has 0 saturated carbocycles. The molecule has 0 fully saturated rings. The maximum Gasteiger partial charge on any atom is 0.243 e. The highest BCUT2D eigenvalue weighted by Gasteiger charge is 2.15. The molecule has 0 bridgehead atoms. The van der Waals surface area contributed by atoms with Crippen LogP contribution in [-0.4, -0.2) is 35.9 Å². The Labute approximate surface area is 115 Å². The van der Waals surface area contributed by atoms with Crippen molar-refractivity contribution in [2.75, 3.05) is 19.0 Å². The normalized spacial score (nSPS) is 11.9. The van der Waals surface area contributed by atoms with Crippen molar-refractivity contribution in [1.82, 2.24) is 5.16 Å². The van der Waals surface area contributed by atoms with Crippen LogP contribution < -0.4 is 15.8 Å². The molecule has 1 atom stereocenters. The van der Waals surface area contributed by atoms with Gasteiger partial charge in [0, 0.05) is 11.6 Å². The number of nitrogens with two attached hydrogens (primary N) is 1. The Bertz CT molecular complexity index is 583. The smallest absolute Gasteiger partial charge is 0.243 e. The SMILES string of the molecule is COc1ccc(-c2ccon2)cc1NC(=O)[C@@H](N)CO. The first-order chi connectivity index (χ1) is 9.65. The highest BCUT2D eigenvalue weighted by Crippen LogP contribution is 2.29. The zero-order chi connectivity index (χ0) is 14.5. The average molecular weight is 277 g/mol. The van der Waals surface area contributed by atoms with Crippen molar-refractivity contribution in [1.29, 1.82) is 0 Å². The molecule has 20 heavy (non-hydrogen) atoms. The molecular weight excluding hydrogens is 262 g/mol. The molecule has 7 heteroatoms. The van der Waals surface area contributed by atoms with Crippen molar-refractivity contribution in [2.45, 2.75) is 6.04 Å². The second-order valence-electron chi connectivity index (χ2n) is 4.08. The highest BCUT2D eigenvalue weighted by atomic mass is 16.5. The van der Waals surface area contributed by atoms with Crippen LogP contribution in [-0.2, 0) is 4.79 Å². The van der Waals surface area contributed by atoms with Gasteiger partial charge in [-0.1, -0.05) is 5.16 Å². The monoisotopic (exact) mass is 277 g/mol. The largest absolute Gasteiger partial charge is 0.495 e. The number of aromatic nitrogens is 1. The molecular formula is C13H15N3O4. The number of hydrogen-bond acceptors (Lipinski definition) is 6. The van der Waals surface area contributed by atoms with Crippen molar-refractivity contribution in [3.05, 3.63) is 30.5 Å². The summed E-state index contributed by atoms with van der Waals surface area (Å²) in [7, 11) is 1.49. The molecule has 7 nitrogen and oxygen atoms in total. The van der Waals surface area contributed by atoms with E-state index < -0.39 is 18.6 Å². The van der Waals surface area contributed by atoms with Gasteiger partial charge in [-0.2, -0.15) is 0 Å². The van der Waals surface area contributed by atoms with Gasteiger partial charge in [-0.3, -0.25) is 4.79 Å². The molecule has 1 aromatic carbocycles. The molecule has 0 spiro atoms. The van der Waals surface area contributed by atoms with Crippen LogP contribution in [0.25, 0.3) is 11.3 Å². The molecule has 1 amide bonds. The van der Waals surface area contributed by atoms with Crippen molar-refractivity contribution in [3.8, 4) is 17.0 Å². The van der Waals surface area contributed by atoms with Crippen LogP contribution in [0.15, 0.2) is 35.1 Å². The lowest BCUT2D eigenvalue weighted by Gasteiger charge is -2.13. The summed E-state index contributed by atoms with van der Waals surface area (Å²) in [5.74, 6) is -0.0150. The Balaban J connectivity index is 2.30. The molecule has 0 radical (unpaired) electrons. The number of methoxy groups -OCH3 is 1. The Morgan fingerprint density at radius 3 is 2.95 bits per heavy atom. The number of amides is 1. The quantitative estimate of drug-likeness (QED) is 0.738. The van der Waals surface area contributed by atoms with E-state index in [2.05, 4.69) is 10.5 Å². The predicted octanol–water partition coefficient (Wildman–Crippen LogP) is 0.608. The van der Waals surface area contributed by atoms with Gasteiger partial charge in [0.25, 0.3) is 0 Å². The van der Waals surface area contributed by atoms with E-state index in [1.54, 1.807) is 24.3 Å². The minimum Gasteiger partial charge on any atom is -0.495 e. The topological polar surface area (TPSA) is 111 Å². The molecule has 2 aromatic rings. The number of carbonyl (C=O) groups excluding carboxylic acids is 1. The molecule has 1 heterocycles. The van der Waals surface area contributed by atoms with Gasteiger partial charge in [0.2, 0.25) is 5.91 Å². The fourth-order valence-electron chi connectivity index (χ4n) is 1.63. The fourth-order valence-corrected chi connectivity index (χ4v) is 1.63. The number of anilines is 1. The third kappa shape index (κ3) is 2.95. The highest BCUT2D eigenvalue weighted by molar-refractivity contribution is 5.96. The third-order valence-corrected chi connectivity index (χ3v) is 2.72. The van der Waals surface area contributed by atoms with Gasteiger partial charge in [0.15, 0.2) is 0 Å². The first-order valence-corrected chi connectivity index (χ1v) is 5.91. The Kier molecular flexibility index (Phi) is 4.34. The van der Waals surface area contributed by atoms with E-state index in [0.29, 0.717) is 17.1 Å². The van der Waals surface area contributed by atoms with Crippen LogP contribution in [0, 0.1) is 0 Å². The molecule has 0 aliphatic heterocycles. The van der Waals surface area contributed by atoms with Crippen LogP contribution in [0.4, 0.5) is 5.69 Å². The minimum atomic E-state index is -0.990. The predicted molar refractivity (Wildman–Crippen MR) is 72.2 cm³/mol. The summed E-state index contributed by atoms with van der Waals surface area (Å²) >= 11 is 0. The third-order valence-electron chi connectivity index (χ3n) is 2.72. The lowest BCUT2D eigenvalue weighted by molar-refractivity contribution is -0.118. The van der Waals surface area contributed by atoms with Gasteiger partial charge >= 0.3 is 0 Å². The van der Waals surface area contributed by atoms with Gasteiger partial charge in [0.1, 0.15) is 23.7 Å².